The number of nitrogens with one attached hydrogen (secondary N) is 2. The first-order valence-electron chi connectivity index (χ1n) is 9.18. The van der Waals surface area contributed by atoms with Crippen LogP contribution in [0.2, 0.25) is 0 Å². The van der Waals surface area contributed by atoms with Crippen molar-refractivity contribution in [3.63, 3.8) is 0 Å². The van der Waals surface area contributed by atoms with Crippen molar-refractivity contribution in [1.82, 2.24) is 15.5 Å². The van der Waals surface area contributed by atoms with Gasteiger partial charge < -0.3 is 10.1 Å². The first-order valence-corrected chi connectivity index (χ1v) is 9.18. The Kier molecular flexibility index (Phi) is 6.07. The van der Waals surface area contributed by atoms with Crippen molar-refractivity contribution >= 4 is 11.9 Å². The fraction of sp³-hybridized carbons (Fsp3) is 0.227. The molecule has 2 N–H and O–H groups in total. The highest BCUT2D eigenvalue weighted by Gasteiger charge is 2.16. The van der Waals surface area contributed by atoms with E-state index in [2.05, 4.69) is 15.5 Å². The molecule has 0 bridgehead atoms. The molecule has 0 aliphatic carbocycles. The van der Waals surface area contributed by atoms with E-state index < -0.39 is 18.5 Å². The molecule has 3 aromatic rings. The summed E-state index contributed by atoms with van der Waals surface area (Å²) in [5.74, 6) is -1.45. The van der Waals surface area contributed by atoms with Gasteiger partial charge in [0.15, 0.2) is 6.61 Å². The van der Waals surface area contributed by atoms with Gasteiger partial charge in [0.25, 0.3) is 5.91 Å². The Morgan fingerprint density at radius 1 is 1.10 bits per heavy atom. The van der Waals surface area contributed by atoms with Crippen LogP contribution < -0.4 is 5.32 Å². The predicted molar refractivity (Wildman–Crippen MR) is 107 cm³/mol. The fourth-order valence-electron chi connectivity index (χ4n) is 2.80. The third kappa shape index (κ3) is 5.07. The summed E-state index contributed by atoms with van der Waals surface area (Å²) in [6.07, 6.45) is 0. The van der Waals surface area contributed by atoms with Crippen molar-refractivity contribution in [3.05, 3.63) is 76.7 Å². The van der Waals surface area contributed by atoms with Gasteiger partial charge in [-0.3, -0.25) is 9.89 Å². The van der Waals surface area contributed by atoms with E-state index in [1.807, 2.05) is 39.0 Å². The number of aromatic nitrogens is 2. The van der Waals surface area contributed by atoms with Crippen LogP contribution in [0.25, 0.3) is 11.3 Å². The molecule has 3 rings (SSSR count). The zero-order valence-electron chi connectivity index (χ0n) is 16.5. The van der Waals surface area contributed by atoms with Gasteiger partial charge in [0, 0.05) is 5.56 Å². The standard InChI is InChI=1S/C22H22FN3O3/c1-13-4-5-17(10-14(13)2)15(3)24-21(27)12-29-22(28)20-11-19(25-26-20)16-6-8-18(23)9-7-16/h4-11,15H,12H2,1-3H3,(H,24,27)(H,25,26)/t15-/m1/s1. The highest BCUT2D eigenvalue weighted by atomic mass is 19.1. The second-order valence-electron chi connectivity index (χ2n) is 6.88. The highest BCUT2D eigenvalue weighted by Crippen LogP contribution is 2.19. The summed E-state index contributed by atoms with van der Waals surface area (Å²) in [7, 11) is 0. The molecule has 0 aliphatic heterocycles. The number of hydrogen-bond acceptors (Lipinski definition) is 4. The number of benzene rings is 2. The van der Waals surface area contributed by atoms with E-state index >= 15 is 0 Å². The summed E-state index contributed by atoms with van der Waals surface area (Å²) >= 11 is 0. The van der Waals surface area contributed by atoms with Crippen molar-refractivity contribution in [2.24, 2.45) is 0 Å². The molecule has 0 unspecified atom stereocenters. The molecule has 1 heterocycles. The molecule has 0 fully saturated rings. The zero-order valence-corrected chi connectivity index (χ0v) is 16.5. The van der Waals surface area contributed by atoms with E-state index in [1.54, 1.807) is 12.1 Å². The average molecular weight is 395 g/mol. The lowest BCUT2D eigenvalue weighted by Gasteiger charge is -2.15. The molecule has 0 spiro atoms. The van der Waals surface area contributed by atoms with Crippen molar-refractivity contribution in [2.45, 2.75) is 26.8 Å². The lowest BCUT2D eigenvalue weighted by atomic mass is 10.0. The minimum atomic E-state index is -0.695. The SMILES string of the molecule is Cc1ccc([C@@H](C)NC(=O)COC(=O)c2cc(-c3ccc(F)cc3)n[nH]2)cc1C. The van der Waals surface area contributed by atoms with Gasteiger partial charge in [-0.15, -0.1) is 0 Å². The highest BCUT2D eigenvalue weighted by molar-refractivity contribution is 5.90. The summed E-state index contributed by atoms with van der Waals surface area (Å²) in [6, 6.07) is 13.0. The second-order valence-corrected chi connectivity index (χ2v) is 6.88. The van der Waals surface area contributed by atoms with Gasteiger partial charge in [-0.05, 0) is 67.8 Å². The Hall–Kier alpha value is -3.48. The van der Waals surface area contributed by atoms with Crippen LogP contribution in [0, 0.1) is 19.7 Å². The Morgan fingerprint density at radius 2 is 1.83 bits per heavy atom. The molecule has 1 amide bonds. The van der Waals surface area contributed by atoms with Gasteiger partial charge in [-0.25, -0.2) is 9.18 Å². The van der Waals surface area contributed by atoms with Crippen LogP contribution in [0.4, 0.5) is 4.39 Å². The third-order valence-electron chi connectivity index (χ3n) is 4.68. The molecule has 2 aromatic carbocycles. The molecule has 0 saturated heterocycles. The fourth-order valence-corrected chi connectivity index (χ4v) is 2.80. The number of rotatable bonds is 6. The van der Waals surface area contributed by atoms with Gasteiger partial charge in [-0.1, -0.05) is 18.2 Å². The van der Waals surface area contributed by atoms with Crippen molar-refractivity contribution < 1.29 is 18.7 Å². The quantitative estimate of drug-likeness (QED) is 0.621. The van der Waals surface area contributed by atoms with Crippen molar-refractivity contribution in [2.75, 3.05) is 6.61 Å². The lowest BCUT2D eigenvalue weighted by Crippen LogP contribution is -2.31. The van der Waals surface area contributed by atoms with E-state index in [0.29, 0.717) is 11.3 Å². The number of carbonyl (C=O) groups is 2. The zero-order chi connectivity index (χ0) is 21.0. The van der Waals surface area contributed by atoms with Gasteiger partial charge in [-0.2, -0.15) is 5.10 Å². The van der Waals surface area contributed by atoms with E-state index in [0.717, 1.165) is 11.1 Å². The number of aromatic amines is 1. The molecule has 29 heavy (non-hydrogen) atoms. The molecule has 1 aromatic heterocycles. The van der Waals surface area contributed by atoms with Gasteiger partial charge >= 0.3 is 5.97 Å². The maximum Gasteiger partial charge on any atom is 0.356 e. The molecule has 1 atom stereocenters. The normalized spacial score (nSPS) is 11.7. The van der Waals surface area contributed by atoms with Crippen LogP contribution in [0.3, 0.4) is 0 Å². The Bertz CT molecular complexity index is 1030. The van der Waals surface area contributed by atoms with Crippen molar-refractivity contribution in [3.8, 4) is 11.3 Å². The molecule has 0 saturated carbocycles. The summed E-state index contributed by atoms with van der Waals surface area (Å²) in [5.41, 5.74) is 4.54. The number of amides is 1. The number of nitrogens with zero attached hydrogens (tertiary/aromatic N) is 1. The Labute approximate surface area is 168 Å². The van der Waals surface area contributed by atoms with E-state index in [9.17, 15) is 14.0 Å². The summed E-state index contributed by atoms with van der Waals surface area (Å²) < 4.78 is 18.1. The van der Waals surface area contributed by atoms with Crippen LogP contribution in [0.1, 0.15) is 40.1 Å². The van der Waals surface area contributed by atoms with Crippen LogP contribution in [0.5, 0.6) is 0 Å². The largest absolute Gasteiger partial charge is 0.451 e. The number of H-pyrrole nitrogens is 1. The predicted octanol–water partition coefficient (Wildman–Crippen LogP) is 3.87. The molecular formula is C22H22FN3O3. The van der Waals surface area contributed by atoms with Gasteiger partial charge in [0.1, 0.15) is 11.5 Å². The number of carbonyl (C=O) groups excluding carboxylic acids is 2. The van der Waals surface area contributed by atoms with Crippen LogP contribution in [-0.4, -0.2) is 28.7 Å². The van der Waals surface area contributed by atoms with Crippen molar-refractivity contribution in [1.29, 1.82) is 0 Å². The first-order chi connectivity index (χ1) is 13.8. The average Bonchev–Trinajstić information content (AvgIpc) is 3.19. The minimum Gasteiger partial charge on any atom is -0.451 e. The van der Waals surface area contributed by atoms with E-state index in [4.69, 9.17) is 4.74 Å². The van der Waals surface area contributed by atoms with E-state index in [1.165, 1.54) is 23.8 Å². The van der Waals surface area contributed by atoms with E-state index in [-0.39, 0.29) is 17.6 Å². The van der Waals surface area contributed by atoms with Crippen LogP contribution >= 0.6 is 0 Å². The number of esters is 1. The molecule has 150 valence electrons. The van der Waals surface area contributed by atoms with Crippen LogP contribution in [-0.2, 0) is 9.53 Å². The monoisotopic (exact) mass is 395 g/mol. The Balaban J connectivity index is 1.54. The topological polar surface area (TPSA) is 84.1 Å². The number of ether oxygens (including phenoxy) is 1. The smallest absolute Gasteiger partial charge is 0.356 e. The van der Waals surface area contributed by atoms with Gasteiger partial charge in [0.2, 0.25) is 0 Å². The minimum absolute atomic E-state index is 0.110. The molecular weight excluding hydrogens is 373 g/mol. The summed E-state index contributed by atoms with van der Waals surface area (Å²) in [5, 5.41) is 9.40. The second kappa shape index (κ2) is 8.68. The lowest BCUT2D eigenvalue weighted by molar-refractivity contribution is -0.124. The van der Waals surface area contributed by atoms with Gasteiger partial charge in [0.05, 0.1) is 11.7 Å². The number of aryl methyl sites for hydroxylation is 2. The van der Waals surface area contributed by atoms with Crippen LogP contribution in [0.15, 0.2) is 48.5 Å². The number of halogens is 1. The summed E-state index contributed by atoms with van der Waals surface area (Å²) in [6.45, 7) is 5.51. The number of hydrogen-bond donors (Lipinski definition) is 2. The molecule has 6 nitrogen and oxygen atoms in total. The molecule has 0 radical (unpaired) electrons. The Morgan fingerprint density at radius 3 is 2.52 bits per heavy atom. The molecule has 7 heteroatoms. The maximum absolute atomic E-state index is 13.0. The third-order valence-corrected chi connectivity index (χ3v) is 4.68. The maximum atomic E-state index is 13.0. The summed E-state index contributed by atoms with van der Waals surface area (Å²) in [4.78, 5) is 24.3. The first kappa shape index (κ1) is 20.3. The molecule has 0 aliphatic rings.